The van der Waals surface area contributed by atoms with Gasteiger partial charge in [-0.15, -0.1) is 12.3 Å². The summed E-state index contributed by atoms with van der Waals surface area (Å²) in [6.07, 6.45) is 5.25. The summed E-state index contributed by atoms with van der Waals surface area (Å²) in [7, 11) is 0. The van der Waals surface area contributed by atoms with Crippen LogP contribution in [0.25, 0.3) is 0 Å². The Labute approximate surface area is 49.7 Å². The van der Waals surface area contributed by atoms with Gasteiger partial charge < -0.3 is 10.8 Å². The molecule has 8 heavy (non-hydrogen) atoms. The van der Waals surface area contributed by atoms with Gasteiger partial charge in [0, 0.05) is 13.0 Å². The number of aliphatic hydroxyl groups is 1. The highest BCUT2D eigenvalue weighted by molar-refractivity contribution is 4.93. The van der Waals surface area contributed by atoms with Crippen molar-refractivity contribution in [3.05, 3.63) is 0 Å². The van der Waals surface area contributed by atoms with E-state index >= 15 is 0 Å². The maximum absolute atomic E-state index is 9.06. The second kappa shape index (κ2) is 2.71. The highest BCUT2D eigenvalue weighted by atomic mass is 16.3. The summed E-state index contributed by atoms with van der Waals surface area (Å²) in [6, 6.07) is 0. The van der Waals surface area contributed by atoms with E-state index in [2.05, 4.69) is 5.92 Å². The fourth-order valence-corrected chi connectivity index (χ4v) is 0.292. The van der Waals surface area contributed by atoms with Crippen molar-refractivity contribution >= 4 is 0 Å². The maximum Gasteiger partial charge on any atom is 0.0849 e. The Kier molecular flexibility index (Phi) is 2.53. The number of nitrogens with two attached hydrogens (primary N) is 1. The minimum atomic E-state index is -0.866. The van der Waals surface area contributed by atoms with E-state index in [0.717, 1.165) is 0 Å². The lowest BCUT2D eigenvalue weighted by Crippen LogP contribution is -2.33. The molecule has 0 aromatic rings. The van der Waals surface area contributed by atoms with Crippen molar-refractivity contribution < 1.29 is 5.11 Å². The number of terminal acetylenes is 1. The van der Waals surface area contributed by atoms with Gasteiger partial charge in [-0.05, 0) is 6.92 Å². The normalized spacial score (nSPS) is 16.8. The number of hydrogen-bond acceptors (Lipinski definition) is 2. The average molecular weight is 113 g/mol. The van der Waals surface area contributed by atoms with Crippen molar-refractivity contribution in [1.29, 1.82) is 0 Å². The first kappa shape index (κ1) is 7.48. The third-order valence-electron chi connectivity index (χ3n) is 0.923. The molecule has 2 nitrogen and oxygen atoms in total. The molecule has 0 aliphatic carbocycles. The molecular formula is C6H11NO. The second-order valence-corrected chi connectivity index (χ2v) is 2.08. The molecule has 0 saturated heterocycles. The van der Waals surface area contributed by atoms with E-state index in [1.165, 1.54) is 0 Å². The molecule has 0 rings (SSSR count). The molecule has 1 unspecified atom stereocenters. The first-order valence-corrected chi connectivity index (χ1v) is 2.48. The lowest BCUT2D eigenvalue weighted by molar-refractivity contribution is 0.0748. The van der Waals surface area contributed by atoms with Crippen LogP contribution in [0, 0.1) is 12.3 Å². The lowest BCUT2D eigenvalue weighted by Gasteiger charge is -2.16. The van der Waals surface area contributed by atoms with Gasteiger partial charge in [0.2, 0.25) is 0 Å². The van der Waals surface area contributed by atoms with Crippen LogP contribution in [-0.2, 0) is 0 Å². The first-order valence-electron chi connectivity index (χ1n) is 2.48. The Hall–Kier alpha value is -0.520. The molecule has 3 N–H and O–H groups in total. The molecule has 2 heteroatoms. The smallest absolute Gasteiger partial charge is 0.0849 e. The Morgan fingerprint density at radius 2 is 2.38 bits per heavy atom. The highest BCUT2D eigenvalue weighted by Gasteiger charge is 2.14. The summed E-state index contributed by atoms with van der Waals surface area (Å²) in [5.74, 6) is 2.33. The summed E-state index contributed by atoms with van der Waals surface area (Å²) in [5.41, 5.74) is 4.28. The Bertz CT molecular complexity index is 102. The third-order valence-corrected chi connectivity index (χ3v) is 0.923. The van der Waals surface area contributed by atoms with Crippen LogP contribution in [0.1, 0.15) is 13.3 Å². The number of rotatable bonds is 2. The molecule has 1 atom stereocenters. The summed E-state index contributed by atoms with van der Waals surface area (Å²) in [5, 5.41) is 9.06. The van der Waals surface area contributed by atoms with E-state index in [-0.39, 0.29) is 6.54 Å². The van der Waals surface area contributed by atoms with Crippen molar-refractivity contribution in [1.82, 2.24) is 0 Å². The molecule has 0 fully saturated rings. The zero-order valence-electron chi connectivity index (χ0n) is 5.02. The monoisotopic (exact) mass is 113 g/mol. The molecule has 0 bridgehead atoms. The van der Waals surface area contributed by atoms with E-state index in [9.17, 15) is 0 Å². The van der Waals surface area contributed by atoms with Crippen molar-refractivity contribution in [2.24, 2.45) is 5.73 Å². The van der Waals surface area contributed by atoms with Crippen LogP contribution in [0.2, 0.25) is 0 Å². The fraction of sp³-hybridized carbons (Fsp3) is 0.667. The van der Waals surface area contributed by atoms with Crippen LogP contribution < -0.4 is 5.73 Å². The van der Waals surface area contributed by atoms with E-state index < -0.39 is 5.60 Å². The lowest BCUT2D eigenvalue weighted by atomic mass is 10.0. The minimum absolute atomic E-state index is 0.219. The Morgan fingerprint density at radius 1 is 1.88 bits per heavy atom. The third kappa shape index (κ3) is 2.62. The van der Waals surface area contributed by atoms with Gasteiger partial charge in [0.15, 0.2) is 0 Å². The maximum atomic E-state index is 9.06. The zero-order valence-corrected chi connectivity index (χ0v) is 5.02. The molecule has 0 heterocycles. The summed E-state index contributed by atoms with van der Waals surface area (Å²) < 4.78 is 0. The Balaban J connectivity index is 3.58. The van der Waals surface area contributed by atoms with Gasteiger partial charge in [-0.25, -0.2) is 0 Å². The Morgan fingerprint density at radius 3 is 2.50 bits per heavy atom. The largest absolute Gasteiger partial charge is 0.388 e. The molecule has 0 aromatic heterocycles. The molecule has 0 radical (unpaired) electrons. The van der Waals surface area contributed by atoms with Gasteiger partial charge in [-0.2, -0.15) is 0 Å². The van der Waals surface area contributed by atoms with Crippen LogP contribution in [0.4, 0.5) is 0 Å². The van der Waals surface area contributed by atoms with Crippen LogP contribution in [0.15, 0.2) is 0 Å². The molecular weight excluding hydrogens is 102 g/mol. The van der Waals surface area contributed by atoms with E-state index in [4.69, 9.17) is 17.3 Å². The van der Waals surface area contributed by atoms with Crippen molar-refractivity contribution in [2.45, 2.75) is 18.9 Å². The quantitative estimate of drug-likeness (QED) is 0.484. The van der Waals surface area contributed by atoms with Gasteiger partial charge in [-0.3, -0.25) is 0 Å². The summed E-state index contributed by atoms with van der Waals surface area (Å²) >= 11 is 0. The van der Waals surface area contributed by atoms with Crippen LogP contribution in [-0.4, -0.2) is 17.3 Å². The SMILES string of the molecule is C#CCC(C)(O)CN. The summed E-state index contributed by atoms with van der Waals surface area (Å²) in [4.78, 5) is 0. The molecule has 0 aliphatic rings. The average Bonchev–Trinajstić information content (AvgIpc) is 1.67. The predicted molar refractivity (Wildman–Crippen MR) is 33.1 cm³/mol. The van der Waals surface area contributed by atoms with E-state index in [1.54, 1.807) is 6.92 Å². The minimum Gasteiger partial charge on any atom is -0.388 e. The molecule has 0 aliphatic heterocycles. The molecule has 0 amide bonds. The second-order valence-electron chi connectivity index (χ2n) is 2.08. The highest BCUT2D eigenvalue weighted by Crippen LogP contribution is 2.03. The van der Waals surface area contributed by atoms with Crippen molar-refractivity contribution in [3.8, 4) is 12.3 Å². The van der Waals surface area contributed by atoms with E-state index in [1.807, 2.05) is 0 Å². The standard InChI is InChI=1S/C6H11NO/c1-3-4-6(2,8)5-7/h1,8H,4-5,7H2,2H3. The topological polar surface area (TPSA) is 46.2 Å². The van der Waals surface area contributed by atoms with Crippen molar-refractivity contribution in [2.75, 3.05) is 6.54 Å². The van der Waals surface area contributed by atoms with E-state index in [0.29, 0.717) is 6.42 Å². The van der Waals surface area contributed by atoms with Gasteiger partial charge in [-0.1, -0.05) is 0 Å². The molecule has 0 spiro atoms. The van der Waals surface area contributed by atoms with Crippen LogP contribution >= 0.6 is 0 Å². The van der Waals surface area contributed by atoms with Gasteiger partial charge in [0.05, 0.1) is 5.60 Å². The zero-order chi connectivity index (χ0) is 6.62. The van der Waals surface area contributed by atoms with Crippen LogP contribution in [0.3, 0.4) is 0 Å². The van der Waals surface area contributed by atoms with Gasteiger partial charge in [0.25, 0.3) is 0 Å². The fourth-order valence-electron chi connectivity index (χ4n) is 0.292. The van der Waals surface area contributed by atoms with Gasteiger partial charge in [0.1, 0.15) is 0 Å². The molecule has 0 aromatic carbocycles. The van der Waals surface area contributed by atoms with Crippen LogP contribution in [0.5, 0.6) is 0 Å². The molecule has 46 valence electrons. The molecule has 0 saturated carbocycles. The first-order chi connectivity index (χ1) is 3.62. The van der Waals surface area contributed by atoms with Crippen molar-refractivity contribution in [3.63, 3.8) is 0 Å². The number of hydrogen-bond donors (Lipinski definition) is 2. The predicted octanol–water partition coefficient (Wildman–Crippen LogP) is -0.281. The summed E-state index contributed by atoms with van der Waals surface area (Å²) in [6.45, 7) is 1.84. The van der Waals surface area contributed by atoms with Gasteiger partial charge >= 0.3 is 0 Å².